The molecule has 6 nitrogen and oxygen atoms in total. The van der Waals surface area contributed by atoms with Gasteiger partial charge in [0.2, 0.25) is 0 Å². The molecule has 114 valence electrons. The van der Waals surface area contributed by atoms with Crippen LogP contribution in [0.5, 0.6) is 0 Å². The van der Waals surface area contributed by atoms with Crippen LogP contribution in [0.15, 0.2) is 0 Å². The summed E-state index contributed by atoms with van der Waals surface area (Å²) >= 11 is 0. The van der Waals surface area contributed by atoms with Crippen molar-refractivity contribution < 1.29 is 9.53 Å². The predicted octanol–water partition coefficient (Wildman–Crippen LogP) is 1.04. The van der Waals surface area contributed by atoms with Crippen LogP contribution in [0.2, 0.25) is 0 Å². The molecule has 1 rings (SSSR count). The minimum Gasteiger partial charge on any atom is -0.444 e. The van der Waals surface area contributed by atoms with Crippen LogP contribution in [0.4, 0.5) is 4.79 Å². The van der Waals surface area contributed by atoms with Gasteiger partial charge in [-0.2, -0.15) is 5.26 Å². The Kier molecular flexibility index (Phi) is 6.24. The Morgan fingerprint density at radius 2 is 1.95 bits per heavy atom. The molecule has 0 aromatic heterocycles. The van der Waals surface area contributed by atoms with Crippen molar-refractivity contribution in [2.24, 2.45) is 0 Å². The van der Waals surface area contributed by atoms with Crippen molar-refractivity contribution in [3.8, 4) is 6.07 Å². The molecule has 1 amide bonds. The first-order valence-electron chi connectivity index (χ1n) is 7.11. The lowest BCUT2D eigenvalue weighted by molar-refractivity contribution is 0.0521. The summed E-state index contributed by atoms with van der Waals surface area (Å²) in [6, 6.07) is 2.18. The molecular weight excluding hydrogens is 256 g/mol. The molecule has 0 aromatic rings. The van der Waals surface area contributed by atoms with E-state index >= 15 is 0 Å². The molecule has 0 bridgehead atoms. The fraction of sp³-hybridized carbons (Fsp3) is 0.857. The highest BCUT2D eigenvalue weighted by Crippen LogP contribution is 2.09. The van der Waals surface area contributed by atoms with Gasteiger partial charge in [-0.1, -0.05) is 0 Å². The zero-order valence-corrected chi connectivity index (χ0v) is 13.0. The molecule has 20 heavy (non-hydrogen) atoms. The van der Waals surface area contributed by atoms with E-state index in [4.69, 9.17) is 4.74 Å². The summed E-state index contributed by atoms with van der Waals surface area (Å²) in [5.74, 6) is 0. The Morgan fingerprint density at radius 3 is 2.45 bits per heavy atom. The number of rotatable bonds is 4. The highest BCUT2D eigenvalue weighted by atomic mass is 16.6. The van der Waals surface area contributed by atoms with Crippen LogP contribution in [-0.4, -0.2) is 67.3 Å². The van der Waals surface area contributed by atoms with E-state index in [1.54, 1.807) is 0 Å². The van der Waals surface area contributed by atoms with Crippen molar-refractivity contribution in [1.29, 1.82) is 5.26 Å². The maximum absolute atomic E-state index is 11.5. The number of carbonyl (C=O) groups excluding carboxylic acids is 1. The molecule has 0 radical (unpaired) electrons. The van der Waals surface area contributed by atoms with Gasteiger partial charge in [0.15, 0.2) is 0 Å². The molecular formula is C14H26N4O2. The molecule has 1 heterocycles. The summed E-state index contributed by atoms with van der Waals surface area (Å²) in [6.45, 7) is 9.72. The summed E-state index contributed by atoms with van der Waals surface area (Å²) in [6.07, 6.45) is 0.201. The lowest BCUT2D eigenvalue weighted by Gasteiger charge is -2.35. The van der Waals surface area contributed by atoms with Crippen molar-refractivity contribution in [1.82, 2.24) is 15.1 Å². The average Bonchev–Trinajstić information content (AvgIpc) is 2.34. The number of alkyl carbamates (subject to hydrolysis) is 1. The third-order valence-corrected chi connectivity index (χ3v) is 3.21. The maximum atomic E-state index is 11.5. The maximum Gasteiger partial charge on any atom is 0.407 e. The fourth-order valence-corrected chi connectivity index (χ4v) is 2.09. The van der Waals surface area contributed by atoms with Gasteiger partial charge >= 0.3 is 6.09 Å². The molecule has 0 aliphatic carbocycles. The number of amides is 1. The molecule has 0 spiro atoms. The third-order valence-electron chi connectivity index (χ3n) is 3.21. The van der Waals surface area contributed by atoms with E-state index in [-0.39, 0.29) is 6.04 Å². The summed E-state index contributed by atoms with van der Waals surface area (Å²) in [4.78, 5) is 15.9. The fourth-order valence-electron chi connectivity index (χ4n) is 2.09. The molecule has 0 saturated carbocycles. The molecule has 1 aliphatic rings. The largest absolute Gasteiger partial charge is 0.444 e. The van der Waals surface area contributed by atoms with Crippen LogP contribution < -0.4 is 5.32 Å². The van der Waals surface area contributed by atoms with Crippen LogP contribution in [0.3, 0.4) is 0 Å². The number of hydrogen-bond acceptors (Lipinski definition) is 5. The second-order valence-corrected chi connectivity index (χ2v) is 6.20. The number of nitrogens with one attached hydrogen (secondary N) is 1. The van der Waals surface area contributed by atoms with E-state index < -0.39 is 11.7 Å². The molecule has 1 saturated heterocycles. The van der Waals surface area contributed by atoms with Crippen molar-refractivity contribution in [2.45, 2.75) is 38.8 Å². The summed E-state index contributed by atoms with van der Waals surface area (Å²) in [5.41, 5.74) is -0.490. The Balaban J connectivity index is 2.28. The van der Waals surface area contributed by atoms with E-state index in [1.807, 2.05) is 20.8 Å². The Labute approximate surface area is 121 Å². The summed E-state index contributed by atoms with van der Waals surface area (Å²) < 4.78 is 5.16. The lowest BCUT2D eigenvalue weighted by Crippen LogP contribution is -2.49. The monoisotopic (exact) mass is 282 g/mol. The zero-order valence-electron chi connectivity index (χ0n) is 13.0. The number of piperazine rings is 1. The molecule has 0 aromatic carbocycles. The molecule has 1 N–H and O–H groups in total. The van der Waals surface area contributed by atoms with Gasteiger partial charge in [-0.05, 0) is 34.2 Å². The van der Waals surface area contributed by atoms with Gasteiger partial charge in [-0.3, -0.25) is 4.90 Å². The molecule has 6 heteroatoms. The van der Waals surface area contributed by atoms with E-state index in [1.165, 1.54) is 0 Å². The van der Waals surface area contributed by atoms with Crippen LogP contribution in [0, 0.1) is 11.3 Å². The van der Waals surface area contributed by atoms with Gasteiger partial charge in [0, 0.05) is 32.7 Å². The number of ether oxygens (including phenoxy) is 1. The predicted molar refractivity (Wildman–Crippen MR) is 77.3 cm³/mol. The third kappa shape index (κ3) is 6.22. The topological polar surface area (TPSA) is 68.6 Å². The molecule has 1 unspecified atom stereocenters. The first kappa shape index (κ1) is 16.7. The highest BCUT2D eigenvalue weighted by Gasteiger charge is 2.22. The second-order valence-electron chi connectivity index (χ2n) is 6.20. The summed E-state index contributed by atoms with van der Waals surface area (Å²) in [5, 5.41) is 11.9. The van der Waals surface area contributed by atoms with Crippen molar-refractivity contribution >= 4 is 6.09 Å². The number of hydrogen-bond donors (Lipinski definition) is 1. The SMILES string of the molecule is CN1CCN(C(C#N)CCNC(=O)OC(C)(C)C)CC1. The van der Waals surface area contributed by atoms with Gasteiger partial charge in [0.25, 0.3) is 0 Å². The zero-order chi connectivity index (χ0) is 15.2. The van der Waals surface area contributed by atoms with Gasteiger partial charge < -0.3 is 15.0 Å². The van der Waals surface area contributed by atoms with E-state index in [2.05, 4.69) is 28.2 Å². The Hall–Kier alpha value is -1.32. The van der Waals surface area contributed by atoms with Crippen molar-refractivity contribution in [3.63, 3.8) is 0 Å². The van der Waals surface area contributed by atoms with Crippen LogP contribution in [0.1, 0.15) is 27.2 Å². The minimum absolute atomic E-state index is 0.140. The molecule has 1 aliphatic heterocycles. The number of nitrogens with zero attached hydrogens (tertiary/aromatic N) is 3. The first-order chi connectivity index (χ1) is 9.31. The summed E-state index contributed by atoms with van der Waals surface area (Å²) in [7, 11) is 2.09. The second kappa shape index (κ2) is 7.46. The Morgan fingerprint density at radius 1 is 1.35 bits per heavy atom. The van der Waals surface area contributed by atoms with Crippen LogP contribution in [-0.2, 0) is 4.74 Å². The number of carbonyl (C=O) groups is 1. The van der Waals surface area contributed by atoms with Gasteiger partial charge in [0.05, 0.1) is 12.1 Å². The lowest BCUT2D eigenvalue weighted by atomic mass is 10.1. The smallest absolute Gasteiger partial charge is 0.407 e. The quantitative estimate of drug-likeness (QED) is 0.834. The normalized spacial score (nSPS) is 19.1. The molecule has 1 fully saturated rings. The van der Waals surface area contributed by atoms with E-state index in [0.717, 1.165) is 26.2 Å². The van der Waals surface area contributed by atoms with Crippen molar-refractivity contribution in [3.05, 3.63) is 0 Å². The molecule has 1 atom stereocenters. The van der Waals surface area contributed by atoms with Crippen molar-refractivity contribution in [2.75, 3.05) is 39.8 Å². The number of likely N-dealkylation sites (N-methyl/N-ethyl adjacent to an activating group) is 1. The van der Waals surface area contributed by atoms with Crippen LogP contribution in [0.25, 0.3) is 0 Å². The van der Waals surface area contributed by atoms with Gasteiger partial charge in [-0.15, -0.1) is 0 Å². The van der Waals surface area contributed by atoms with E-state index in [0.29, 0.717) is 13.0 Å². The standard InChI is InChI=1S/C14H26N4O2/c1-14(2,3)20-13(19)16-6-5-12(11-15)18-9-7-17(4)8-10-18/h12H,5-10H2,1-4H3,(H,16,19). The minimum atomic E-state index is -0.490. The van der Waals surface area contributed by atoms with E-state index in [9.17, 15) is 10.1 Å². The first-order valence-corrected chi connectivity index (χ1v) is 7.11. The van der Waals surface area contributed by atoms with Gasteiger partial charge in [-0.25, -0.2) is 4.79 Å². The highest BCUT2D eigenvalue weighted by molar-refractivity contribution is 5.67. The van der Waals surface area contributed by atoms with Gasteiger partial charge in [0.1, 0.15) is 5.60 Å². The average molecular weight is 282 g/mol. The van der Waals surface area contributed by atoms with Crippen LogP contribution >= 0.6 is 0 Å². The Bertz CT molecular complexity index is 351. The number of nitriles is 1.